The molecule has 0 aromatic heterocycles. The number of carboxylic acid groups (broad SMARTS) is 1. The van der Waals surface area contributed by atoms with Crippen molar-refractivity contribution in [3.8, 4) is 0 Å². The number of aliphatic hydroxyl groups excluding tert-OH is 1. The Balaban J connectivity index is 0.000000381. The molecule has 4 aliphatic carbocycles. The zero-order valence-electron chi connectivity index (χ0n) is 30.5. The molecule has 0 bridgehead atoms. The number of aliphatic hydroxyl groups is 1. The monoisotopic (exact) mass is 826 g/mol. The van der Waals surface area contributed by atoms with Crippen LogP contribution in [0.3, 0.4) is 0 Å². The maximum Gasteiger partial charge on any atom is 0.523 e. The summed E-state index contributed by atoms with van der Waals surface area (Å²) in [4.78, 5) is 76.6. The van der Waals surface area contributed by atoms with Gasteiger partial charge in [0.15, 0.2) is 0 Å². The van der Waals surface area contributed by atoms with E-state index in [1.165, 1.54) is 28.1 Å². The number of carbonyl (C=O) groups excluding carboxylic acids is 6. The quantitative estimate of drug-likeness (QED) is 0.0552. The summed E-state index contributed by atoms with van der Waals surface area (Å²) in [6, 6.07) is 0. The van der Waals surface area contributed by atoms with E-state index in [0.717, 1.165) is 14.0 Å². The molecule has 0 spiro atoms. The van der Waals surface area contributed by atoms with Crippen molar-refractivity contribution in [2.24, 2.45) is 5.73 Å². The molecule has 4 rings (SSSR count). The maximum atomic E-state index is 12.6. The summed E-state index contributed by atoms with van der Waals surface area (Å²) in [5.74, 6) is -4.29. The molecule has 0 heterocycles. The van der Waals surface area contributed by atoms with Crippen LogP contribution in [0.2, 0.25) is 0 Å². The fourth-order valence-electron chi connectivity index (χ4n) is 5.92. The van der Waals surface area contributed by atoms with Gasteiger partial charge >= 0.3 is 39.5 Å². The molecule has 4 aliphatic rings. The number of carbonyl (C=O) groups is 7. The fraction of sp³-hybridized carbons (Fsp3) is 0.767. The average Bonchev–Trinajstić information content (AvgIpc) is 2.99. The first-order valence-electron chi connectivity index (χ1n) is 16.1. The lowest BCUT2D eigenvalue weighted by Gasteiger charge is -2.44. The summed E-state index contributed by atoms with van der Waals surface area (Å²) < 4.78 is 99.9. The van der Waals surface area contributed by atoms with Gasteiger partial charge in [-0.05, 0) is 0 Å². The van der Waals surface area contributed by atoms with Gasteiger partial charge in [0.25, 0.3) is 0 Å². The number of rotatable bonds is 9. The molecule has 7 N–H and O–H groups in total. The van der Waals surface area contributed by atoms with E-state index in [2.05, 4.69) is 34.3 Å². The molecular formula is C30H45F5N4O15S. The minimum absolute atomic E-state index is 0.0131. The molecule has 316 valence electrons. The number of carboxylic acids is 1. The Bertz CT molecular complexity index is 1500. The van der Waals surface area contributed by atoms with Crippen molar-refractivity contribution < 1.29 is 92.5 Å². The van der Waals surface area contributed by atoms with Crippen LogP contribution in [0, 0.1) is 0 Å². The molecule has 0 radical (unpaired) electrons. The van der Waals surface area contributed by atoms with Crippen LogP contribution in [-0.4, -0.2) is 134 Å². The number of nitrogens with two attached hydrogens (primary N) is 1. The van der Waals surface area contributed by atoms with E-state index in [1.807, 2.05) is 0 Å². The first-order valence-corrected chi connectivity index (χ1v) is 17.5. The van der Waals surface area contributed by atoms with Crippen LogP contribution in [0.5, 0.6) is 0 Å². The number of aliphatic carboxylic acids is 1. The minimum Gasteiger partial charge on any atom is -0.480 e. The lowest BCUT2D eigenvalue weighted by Crippen LogP contribution is -2.65. The molecule has 0 unspecified atom stereocenters. The van der Waals surface area contributed by atoms with E-state index in [1.54, 1.807) is 0 Å². The molecule has 0 atom stereocenters. The van der Waals surface area contributed by atoms with Crippen LogP contribution < -0.4 is 21.7 Å². The average molecular weight is 827 g/mol. The highest BCUT2D eigenvalue weighted by molar-refractivity contribution is 7.87. The van der Waals surface area contributed by atoms with Gasteiger partial charge in [0.2, 0.25) is 17.7 Å². The van der Waals surface area contributed by atoms with E-state index in [0.29, 0.717) is 0 Å². The highest BCUT2D eigenvalue weighted by Crippen LogP contribution is 2.39. The van der Waals surface area contributed by atoms with E-state index in [4.69, 9.17) is 15.9 Å². The molecule has 55 heavy (non-hydrogen) atoms. The van der Waals surface area contributed by atoms with Crippen LogP contribution in [0.25, 0.3) is 0 Å². The predicted molar refractivity (Wildman–Crippen MR) is 173 cm³/mol. The molecule has 0 aliphatic heterocycles. The van der Waals surface area contributed by atoms with Crippen molar-refractivity contribution in [3.63, 3.8) is 0 Å². The standard InChI is InChI=1S/C9H12F3NO6S.C8H12FNO3.C8H13NO4.C5H8FNO2/c1-5(14)13-8(7(15)18-2)3-6(4-8)19-20(16,17)9(10,11)12;1-5(11)10-8(7(12)13-2)3-6(9)4-8;1-5(10)9-8(7(12)13-2)3-6(11)4-8;6-3-1-5(7,2-3)4(8)9/h6H,3-4H2,1-2H3,(H,13,14);6H,3-4H2,1-2H3,(H,10,11);6,11H,3-4H2,1-2H3,(H,9,10);3H,1-2,7H2,(H,8,9)/i;9-1;;6-1. The number of alkyl halides is 5. The summed E-state index contributed by atoms with van der Waals surface area (Å²) >= 11 is 0. The summed E-state index contributed by atoms with van der Waals surface area (Å²) in [5, 5.41) is 24.5. The molecular weight excluding hydrogens is 781 g/mol. The Kier molecular flexibility index (Phi) is 16.5. The van der Waals surface area contributed by atoms with Gasteiger partial charge in [0, 0.05) is 72.1 Å². The second kappa shape index (κ2) is 18.6. The number of halogens is 5. The second-order valence-corrected chi connectivity index (χ2v) is 14.9. The largest absolute Gasteiger partial charge is 0.523 e. The smallest absolute Gasteiger partial charge is 0.480 e. The molecule has 4 fully saturated rings. The predicted octanol–water partition coefficient (Wildman–Crippen LogP) is -0.681. The van der Waals surface area contributed by atoms with E-state index in [9.17, 15) is 63.9 Å². The number of amides is 3. The third-order valence-corrected chi connectivity index (χ3v) is 9.67. The maximum absolute atomic E-state index is 12.6. The SMILES string of the molecule is COC(=O)C1(NC(C)=O)CC(O)C1.COC(=O)C1(NC(C)=O)CC(OS(=O)(=O)C(F)(F)F)C1.COC(=O)C1(NC(C)=O)CC([18F])C1.NC1(C(=O)O)CC([18F])C1. The Morgan fingerprint density at radius 2 is 0.964 bits per heavy atom. The molecule has 25 heteroatoms. The van der Waals surface area contributed by atoms with Crippen molar-refractivity contribution in [1.82, 2.24) is 16.0 Å². The van der Waals surface area contributed by atoms with Crippen LogP contribution in [0.4, 0.5) is 22.0 Å². The van der Waals surface area contributed by atoms with Gasteiger partial charge in [0.05, 0.1) is 33.5 Å². The third-order valence-electron chi connectivity index (χ3n) is 8.58. The second-order valence-electron chi connectivity index (χ2n) is 13.3. The van der Waals surface area contributed by atoms with Crippen LogP contribution in [0.15, 0.2) is 0 Å². The zero-order chi connectivity index (χ0) is 43.0. The number of esters is 3. The summed E-state index contributed by atoms with van der Waals surface area (Å²) in [5.41, 5.74) is -5.25. The Morgan fingerprint density at radius 3 is 1.18 bits per heavy atom. The van der Waals surface area contributed by atoms with Gasteiger partial charge in [-0.3, -0.25) is 23.4 Å². The fourth-order valence-corrected chi connectivity index (χ4v) is 6.53. The number of nitrogens with one attached hydrogen (secondary N) is 3. The van der Waals surface area contributed by atoms with Crippen LogP contribution in [-0.2, 0) is 62.1 Å². The van der Waals surface area contributed by atoms with E-state index < -0.39 is 105 Å². The molecule has 3 amide bonds. The zero-order valence-corrected chi connectivity index (χ0v) is 31.4. The first kappa shape index (κ1) is 48.8. The van der Waals surface area contributed by atoms with Crippen molar-refractivity contribution in [1.29, 1.82) is 0 Å². The highest BCUT2D eigenvalue weighted by Gasteiger charge is 2.58. The van der Waals surface area contributed by atoms with Gasteiger partial charge < -0.3 is 46.1 Å². The summed E-state index contributed by atoms with van der Waals surface area (Å²) in [6.07, 6.45) is -4.33. The van der Waals surface area contributed by atoms with Crippen LogP contribution in [0.1, 0.15) is 72.1 Å². The van der Waals surface area contributed by atoms with Gasteiger partial charge in [-0.25, -0.2) is 23.2 Å². The van der Waals surface area contributed by atoms with E-state index >= 15 is 0 Å². The lowest BCUT2D eigenvalue weighted by molar-refractivity contribution is -0.160. The summed E-state index contributed by atoms with van der Waals surface area (Å²) in [7, 11) is -2.22. The van der Waals surface area contributed by atoms with Crippen molar-refractivity contribution in [2.75, 3.05) is 21.3 Å². The molecule has 0 aromatic rings. The normalized spacial score (nSPS) is 31.5. The molecule has 4 saturated carbocycles. The van der Waals surface area contributed by atoms with Gasteiger partial charge in [0.1, 0.15) is 34.5 Å². The third kappa shape index (κ3) is 12.6. The topological polar surface area (TPSA) is 293 Å². The highest BCUT2D eigenvalue weighted by atomic mass is 32.2. The molecule has 0 aromatic carbocycles. The summed E-state index contributed by atoms with van der Waals surface area (Å²) in [6.45, 7) is 3.72. The van der Waals surface area contributed by atoms with Gasteiger partial charge in [-0.2, -0.15) is 21.6 Å². The van der Waals surface area contributed by atoms with Gasteiger partial charge in [-0.15, -0.1) is 0 Å². The Morgan fingerprint density at radius 1 is 0.655 bits per heavy atom. The lowest BCUT2D eigenvalue weighted by atomic mass is 9.74. The van der Waals surface area contributed by atoms with Crippen LogP contribution >= 0.6 is 0 Å². The Labute approximate surface area is 311 Å². The van der Waals surface area contributed by atoms with Crippen molar-refractivity contribution in [3.05, 3.63) is 0 Å². The van der Waals surface area contributed by atoms with Crippen molar-refractivity contribution in [2.45, 2.75) is 124 Å². The number of hydrogen-bond acceptors (Lipinski definition) is 15. The number of ether oxygens (including phenoxy) is 3. The Hall–Kier alpha value is -4.23. The van der Waals surface area contributed by atoms with E-state index in [-0.39, 0.29) is 50.3 Å². The first-order chi connectivity index (χ1) is 25.0. The number of hydrogen-bond donors (Lipinski definition) is 6. The van der Waals surface area contributed by atoms with Crippen molar-refractivity contribution >= 4 is 51.7 Å². The minimum atomic E-state index is -5.73. The number of methoxy groups -OCH3 is 3. The molecule has 19 nitrogen and oxygen atoms in total. The van der Waals surface area contributed by atoms with Gasteiger partial charge in [-0.1, -0.05) is 0 Å². The molecule has 0 saturated heterocycles.